The second kappa shape index (κ2) is 8.99. The lowest BCUT2D eigenvalue weighted by Crippen LogP contribution is -2.30. The highest BCUT2D eigenvalue weighted by atomic mass is 19.1. The molecular formula is C21H26FN3O3. The molecule has 1 heterocycles. The third-order valence-corrected chi connectivity index (χ3v) is 4.82. The van der Waals surface area contributed by atoms with E-state index < -0.39 is 5.97 Å². The van der Waals surface area contributed by atoms with Crippen LogP contribution in [0.1, 0.15) is 54.9 Å². The van der Waals surface area contributed by atoms with Crippen molar-refractivity contribution in [3.63, 3.8) is 0 Å². The molecule has 3 rings (SSSR count). The van der Waals surface area contributed by atoms with Gasteiger partial charge in [-0.05, 0) is 62.3 Å². The smallest absolute Gasteiger partial charge is 0.359 e. The van der Waals surface area contributed by atoms with E-state index in [9.17, 15) is 14.0 Å². The zero-order valence-corrected chi connectivity index (χ0v) is 16.3. The molecule has 1 aromatic carbocycles. The van der Waals surface area contributed by atoms with Gasteiger partial charge in [-0.1, -0.05) is 13.8 Å². The Morgan fingerprint density at radius 2 is 1.93 bits per heavy atom. The molecule has 2 aromatic rings. The maximum Gasteiger partial charge on any atom is 0.359 e. The summed E-state index contributed by atoms with van der Waals surface area (Å²) >= 11 is 0. The Labute approximate surface area is 164 Å². The first-order valence-corrected chi connectivity index (χ1v) is 9.76. The molecule has 0 spiro atoms. The first kappa shape index (κ1) is 20.0. The summed E-state index contributed by atoms with van der Waals surface area (Å²) in [6, 6.07) is 6.00. The molecule has 0 saturated heterocycles. The van der Waals surface area contributed by atoms with Crippen LogP contribution in [0.4, 0.5) is 4.39 Å². The molecule has 1 aliphatic carbocycles. The number of hydrogen-bond donors (Lipinski definition) is 1. The van der Waals surface area contributed by atoms with Crippen LogP contribution in [0.15, 0.2) is 24.3 Å². The molecule has 0 radical (unpaired) electrons. The minimum atomic E-state index is -0.599. The SMILES string of the molecule is CC(C)CCNC(=O)COC(=O)c1nn(-c2ccc(F)cc2)c2c1CCCC2. The molecule has 1 N–H and O–H groups in total. The van der Waals surface area contributed by atoms with Gasteiger partial charge in [-0.15, -0.1) is 0 Å². The Balaban J connectivity index is 1.72. The van der Waals surface area contributed by atoms with Gasteiger partial charge in [0.1, 0.15) is 5.82 Å². The largest absolute Gasteiger partial charge is 0.451 e. The predicted octanol–water partition coefficient (Wildman–Crippen LogP) is 3.21. The zero-order valence-electron chi connectivity index (χ0n) is 16.3. The number of carbonyl (C=O) groups is 2. The van der Waals surface area contributed by atoms with Crippen molar-refractivity contribution in [1.29, 1.82) is 0 Å². The van der Waals surface area contributed by atoms with Crippen LogP contribution in [-0.2, 0) is 22.4 Å². The number of fused-ring (bicyclic) bond motifs is 1. The summed E-state index contributed by atoms with van der Waals surface area (Å²) in [5.74, 6) is -0.753. The van der Waals surface area contributed by atoms with Gasteiger partial charge < -0.3 is 10.1 Å². The Kier molecular flexibility index (Phi) is 6.44. The van der Waals surface area contributed by atoms with Crippen molar-refractivity contribution in [3.05, 3.63) is 47.0 Å². The molecule has 0 unspecified atom stereocenters. The summed E-state index contributed by atoms with van der Waals surface area (Å²) in [6.45, 7) is 4.39. The van der Waals surface area contributed by atoms with Crippen LogP contribution in [0.3, 0.4) is 0 Å². The number of nitrogens with zero attached hydrogens (tertiary/aromatic N) is 2. The van der Waals surface area contributed by atoms with Crippen LogP contribution in [0.5, 0.6) is 0 Å². The van der Waals surface area contributed by atoms with E-state index in [0.717, 1.165) is 43.4 Å². The summed E-state index contributed by atoms with van der Waals surface area (Å²) < 4.78 is 20.1. The number of ether oxygens (including phenoxy) is 1. The zero-order chi connectivity index (χ0) is 20.1. The van der Waals surface area contributed by atoms with Crippen molar-refractivity contribution in [2.45, 2.75) is 46.0 Å². The molecule has 0 atom stereocenters. The van der Waals surface area contributed by atoms with Gasteiger partial charge in [0.15, 0.2) is 12.3 Å². The summed E-state index contributed by atoms with van der Waals surface area (Å²) in [5.41, 5.74) is 2.76. The monoisotopic (exact) mass is 387 g/mol. The maximum atomic E-state index is 13.2. The number of nitrogens with one attached hydrogen (secondary N) is 1. The molecule has 150 valence electrons. The Bertz CT molecular complexity index is 843. The molecule has 7 heteroatoms. The fraction of sp³-hybridized carbons (Fsp3) is 0.476. The summed E-state index contributed by atoms with van der Waals surface area (Å²) in [5, 5.41) is 7.19. The number of halogens is 1. The van der Waals surface area contributed by atoms with Crippen LogP contribution >= 0.6 is 0 Å². The van der Waals surface area contributed by atoms with Crippen molar-refractivity contribution < 1.29 is 18.7 Å². The lowest BCUT2D eigenvalue weighted by Gasteiger charge is -2.14. The van der Waals surface area contributed by atoms with E-state index in [1.165, 1.54) is 12.1 Å². The number of hydrogen-bond acceptors (Lipinski definition) is 4. The minimum Gasteiger partial charge on any atom is -0.451 e. The van der Waals surface area contributed by atoms with Crippen molar-refractivity contribution in [1.82, 2.24) is 15.1 Å². The topological polar surface area (TPSA) is 73.2 Å². The van der Waals surface area contributed by atoms with E-state index in [1.54, 1.807) is 16.8 Å². The minimum absolute atomic E-state index is 0.244. The predicted molar refractivity (Wildman–Crippen MR) is 103 cm³/mol. The molecule has 1 aromatic heterocycles. The summed E-state index contributed by atoms with van der Waals surface area (Å²) in [6.07, 6.45) is 4.38. The normalized spacial score (nSPS) is 13.3. The Morgan fingerprint density at radius 3 is 2.64 bits per heavy atom. The van der Waals surface area contributed by atoms with Gasteiger partial charge in [-0.2, -0.15) is 5.10 Å². The maximum absolute atomic E-state index is 13.2. The fourth-order valence-corrected chi connectivity index (χ4v) is 3.31. The van der Waals surface area contributed by atoms with Crippen molar-refractivity contribution >= 4 is 11.9 Å². The molecule has 0 aliphatic heterocycles. The fourth-order valence-electron chi connectivity index (χ4n) is 3.31. The highest BCUT2D eigenvalue weighted by molar-refractivity contribution is 5.91. The van der Waals surface area contributed by atoms with E-state index in [1.807, 2.05) is 0 Å². The molecule has 6 nitrogen and oxygen atoms in total. The van der Waals surface area contributed by atoms with Gasteiger partial charge in [-0.3, -0.25) is 4.79 Å². The number of amides is 1. The van der Waals surface area contributed by atoms with Gasteiger partial charge in [0.25, 0.3) is 5.91 Å². The van der Waals surface area contributed by atoms with Crippen molar-refractivity contribution in [2.24, 2.45) is 5.92 Å². The molecule has 0 fully saturated rings. The first-order chi connectivity index (χ1) is 13.5. The lowest BCUT2D eigenvalue weighted by atomic mass is 9.95. The van der Waals surface area contributed by atoms with Gasteiger partial charge in [0.05, 0.1) is 5.69 Å². The highest BCUT2D eigenvalue weighted by Crippen LogP contribution is 2.27. The van der Waals surface area contributed by atoms with Gasteiger partial charge in [0.2, 0.25) is 0 Å². The molecule has 0 bridgehead atoms. The molecular weight excluding hydrogens is 361 g/mol. The second-order valence-corrected chi connectivity index (χ2v) is 7.48. The van der Waals surface area contributed by atoms with E-state index in [2.05, 4.69) is 24.3 Å². The average molecular weight is 387 g/mol. The van der Waals surface area contributed by atoms with Crippen LogP contribution in [0.2, 0.25) is 0 Å². The number of carbonyl (C=O) groups excluding carboxylic acids is 2. The molecule has 1 aliphatic rings. The summed E-state index contributed by atoms with van der Waals surface area (Å²) in [7, 11) is 0. The van der Waals surface area contributed by atoms with Crippen molar-refractivity contribution in [2.75, 3.05) is 13.2 Å². The Hall–Kier alpha value is -2.70. The summed E-state index contributed by atoms with van der Waals surface area (Å²) in [4.78, 5) is 24.4. The van der Waals surface area contributed by atoms with E-state index in [4.69, 9.17) is 4.74 Å². The van der Waals surface area contributed by atoms with E-state index >= 15 is 0 Å². The second-order valence-electron chi connectivity index (χ2n) is 7.48. The molecule has 28 heavy (non-hydrogen) atoms. The molecule has 0 saturated carbocycles. The highest BCUT2D eigenvalue weighted by Gasteiger charge is 2.27. The first-order valence-electron chi connectivity index (χ1n) is 9.76. The Morgan fingerprint density at radius 1 is 1.21 bits per heavy atom. The molecule has 1 amide bonds. The van der Waals surface area contributed by atoms with Gasteiger partial charge >= 0.3 is 5.97 Å². The number of esters is 1. The number of rotatable bonds is 7. The van der Waals surface area contributed by atoms with Crippen molar-refractivity contribution in [3.8, 4) is 5.69 Å². The van der Waals surface area contributed by atoms with E-state index in [0.29, 0.717) is 18.2 Å². The van der Waals surface area contributed by atoms with Crippen LogP contribution < -0.4 is 5.32 Å². The standard InChI is InChI=1S/C21H26FN3O3/c1-14(2)11-12-23-19(26)13-28-21(27)20-17-5-3-4-6-18(17)25(24-20)16-9-7-15(22)8-10-16/h7-10,14H,3-6,11-13H2,1-2H3,(H,23,26). The van der Waals surface area contributed by atoms with Crippen LogP contribution in [0.25, 0.3) is 5.69 Å². The van der Waals surface area contributed by atoms with Crippen LogP contribution in [0, 0.1) is 11.7 Å². The van der Waals surface area contributed by atoms with Gasteiger partial charge in [0, 0.05) is 17.8 Å². The number of benzene rings is 1. The quantitative estimate of drug-likeness (QED) is 0.741. The third kappa shape index (κ3) is 4.77. The average Bonchev–Trinajstić information content (AvgIpc) is 3.06. The van der Waals surface area contributed by atoms with Crippen LogP contribution in [-0.4, -0.2) is 34.8 Å². The van der Waals surface area contributed by atoms with E-state index in [-0.39, 0.29) is 24.0 Å². The number of aromatic nitrogens is 2. The lowest BCUT2D eigenvalue weighted by molar-refractivity contribution is -0.124. The third-order valence-electron chi connectivity index (χ3n) is 4.82. The van der Waals surface area contributed by atoms with Gasteiger partial charge in [-0.25, -0.2) is 13.9 Å².